The molecule has 0 atom stereocenters. The normalized spacial score (nSPS) is 13.4. The fourth-order valence-electron chi connectivity index (χ4n) is 2.12. The lowest BCUT2D eigenvalue weighted by atomic mass is 10.2. The number of nitrogens with zero attached hydrogens (tertiary/aromatic N) is 4. The van der Waals surface area contributed by atoms with Gasteiger partial charge in [-0.05, 0) is 6.07 Å². The lowest BCUT2D eigenvalue weighted by Crippen LogP contribution is -2.06. The van der Waals surface area contributed by atoms with E-state index in [1.807, 2.05) is 29.0 Å². The van der Waals surface area contributed by atoms with Crippen molar-refractivity contribution in [2.75, 3.05) is 0 Å². The maximum atomic E-state index is 4.48. The SMILES string of the molecule is c1ccc2c3c(cnc2c1)-n1cnnc1CS3. The number of aromatic nitrogens is 4. The molecule has 0 radical (unpaired) electrons. The minimum Gasteiger partial charge on any atom is -0.282 e. The van der Waals surface area contributed by atoms with Crippen LogP contribution in [0.15, 0.2) is 41.7 Å². The zero-order chi connectivity index (χ0) is 11.2. The van der Waals surface area contributed by atoms with Crippen molar-refractivity contribution in [2.45, 2.75) is 10.6 Å². The van der Waals surface area contributed by atoms with Gasteiger partial charge in [-0.25, -0.2) is 0 Å². The number of pyridine rings is 1. The van der Waals surface area contributed by atoms with E-state index in [0.29, 0.717) is 0 Å². The molecule has 4 rings (SSSR count). The molecule has 1 aliphatic heterocycles. The molecular formula is C12H8N4S. The Labute approximate surface area is 102 Å². The molecule has 0 saturated heterocycles. The molecule has 0 amide bonds. The van der Waals surface area contributed by atoms with E-state index in [-0.39, 0.29) is 0 Å². The lowest BCUT2D eigenvalue weighted by molar-refractivity contribution is 0.917. The van der Waals surface area contributed by atoms with Crippen molar-refractivity contribution in [3.63, 3.8) is 0 Å². The van der Waals surface area contributed by atoms with Crippen LogP contribution in [-0.4, -0.2) is 19.7 Å². The molecule has 3 aromatic rings. The van der Waals surface area contributed by atoms with Gasteiger partial charge in [0.1, 0.15) is 12.2 Å². The molecule has 1 aromatic carbocycles. The van der Waals surface area contributed by atoms with Crippen molar-refractivity contribution in [2.24, 2.45) is 0 Å². The van der Waals surface area contributed by atoms with Crippen LogP contribution in [0.4, 0.5) is 0 Å². The van der Waals surface area contributed by atoms with Crippen LogP contribution in [0.2, 0.25) is 0 Å². The Morgan fingerprint density at radius 1 is 1.24 bits per heavy atom. The monoisotopic (exact) mass is 240 g/mol. The largest absolute Gasteiger partial charge is 0.282 e. The Hall–Kier alpha value is -1.88. The van der Waals surface area contributed by atoms with E-state index in [1.165, 1.54) is 10.3 Å². The minimum atomic E-state index is 0.862. The van der Waals surface area contributed by atoms with Crippen LogP contribution < -0.4 is 0 Å². The fraction of sp³-hybridized carbons (Fsp3) is 0.0833. The lowest BCUT2D eigenvalue weighted by Gasteiger charge is -2.18. The second kappa shape index (κ2) is 3.30. The maximum Gasteiger partial charge on any atom is 0.147 e. The Morgan fingerprint density at radius 2 is 2.18 bits per heavy atom. The van der Waals surface area contributed by atoms with E-state index in [4.69, 9.17) is 0 Å². The predicted molar refractivity (Wildman–Crippen MR) is 66.2 cm³/mol. The molecule has 0 bridgehead atoms. The third-order valence-electron chi connectivity index (χ3n) is 2.93. The second-order valence-corrected chi connectivity index (χ2v) is 4.88. The van der Waals surface area contributed by atoms with Crippen LogP contribution in [0, 0.1) is 0 Å². The third-order valence-corrected chi connectivity index (χ3v) is 4.05. The van der Waals surface area contributed by atoms with Gasteiger partial charge in [0.05, 0.1) is 23.2 Å². The molecule has 17 heavy (non-hydrogen) atoms. The van der Waals surface area contributed by atoms with E-state index in [2.05, 4.69) is 21.2 Å². The van der Waals surface area contributed by atoms with Gasteiger partial charge in [0.15, 0.2) is 0 Å². The molecule has 5 heteroatoms. The first-order valence-electron chi connectivity index (χ1n) is 5.33. The van der Waals surface area contributed by atoms with Gasteiger partial charge in [0.25, 0.3) is 0 Å². The number of benzene rings is 1. The van der Waals surface area contributed by atoms with Gasteiger partial charge in [0.2, 0.25) is 0 Å². The summed E-state index contributed by atoms with van der Waals surface area (Å²) in [6, 6.07) is 8.22. The first kappa shape index (κ1) is 9.18. The second-order valence-electron chi connectivity index (χ2n) is 3.90. The Bertz CT molecular complexity index is 719. The summed E-state index contributed by atoms with van der Waals surface area (Å²) >= 11 is 1.80. The average molecular weight is 240 g/mol. The van der Waals surface area contributed by atoms with Crippen molar-refractivity contribution < 1.29 is 0 Å². The minimum absolute atomic E-state index is 0.862. The number of thioether (sulfide) groups is 1. The molecule has 0 N–H and O–H groups in total. The van der Waals surface area contributed by atoms with Gasteiger partial charge >= 0.3 is 0 Å². The number of fused-ring (bicyclic) bond motifs is 5. The highest BCUT2D eigenvalue weighted by Gasteiger charge is 2.19. The molecule has 4 nitrogen and oxygen atoms in total. The van der Waals surface area contributed by atoms with Crippen LogP contribution in [0.3, 0.4) is 0 Å². The number of hydrogen-bond donors (Lipinski definition) is 0. The molecule has 2 aromatic heterocycles. The zero-order valence-electron chi connectivity index (χ0n) is 8.87. The van der Waals surface area contributed by atoms with Crippen LogP contribution in [0.5, 0.6) is 0 Å². The first-order chi connectivity index (χ1) is 8.43. The quantitative estimate of drug-likeness (QED) is 0.605. The summed E-state index contributed by atoms with van der Waals surface area (Å²) in [6.45, 7) is 0. The molecule has 82 valence electrons. The van der Waals surface area contributed by atoms with Crippen molar-refractivity contribution in [3.8, 4) is 5.69 Å². The number of hydrogen-bond acceptors (Lipinski definition) is 4. The van der Waals surface area contributed by atoms with Gasteiger partial charge in [-0.1, -0.05) is 18.2 Å². The Kier molecular flexibility index (Phi) is 1.78. The average Bonchev–Trinajstić information content (AvgIpc) is 2.86. The summed E-state index contributed by atoms with van der Waals surface area (Å²) in [5.74, 6) is 1.85. The summed E-state index contributed by atoms with van der Waals surface area (Å²) in [5, 5.41) is 9.26. The van der Waals surface area contributed by atoms with Crippen LogP contribution in [0.25, 0.3) is 16.6 Å². The smallest absolute Gasteiger partial charge is 0.147 e. The maximum absolute atomic E-state index is 4.48. The number of rotatable bonds is 0. The van der Waals surface area contributed by atoms with Crippen LogP contribution in [-0.2, 0) is 5.75 Å². The van der Waals surface area contributed by atoms with Crippen LogP contribution >= 0.6 is 11.8 Å². The summed E-state index contributed by atoms with van der Waals surface area (Å²) in [5.41, 5.74) is 2.12. The van der Waals surface area contributed by atoms with Crippen molar-refractivity contribution in [3.05, 3.63) is 42.6 Å². The molecule has 0 saturated carbocycles. The topological polar surface area (TPSA) is 43.6 Å². The molecule has 0 spiro atoms. The van der Waals surface area contributed by atoms with E-state index >= 15 is 0 Å². The van der Waals surface area contributed by atoms with E-state index < -0.39 is 0 Å². The summed E-state index contributed by atoms with van der Waals surface area (Å²) in [6.07, 6.45) is 3.65. The number of para-hydroxylation sites is 1. The Morgan fingerprint density at radius 3 is 3.18 bits per heavy atom. The first-order valence-corrected chi connectivity index (χ1v) is 6.32. The standard InChI is InChI=1S/C12H8N4S/c1-2-4-9-8(3-1)12-10(5-13-9)16-7-14-15-11(16)6-17-12/h1-5,7H,6H2. The molecule has 0 aliphatic carbocycles. The van der Waals surface area contributed by atoms with Gasteiger partial charge in [-0.15, -0.1) is 22.0 Å². The molecule has 1 aliphatic rings. The molecule has 0 unspecified atom stereocenters. The van der Waals surface area contributed by atoms with Gasteiger partial charge in [0, 0.05) is 10.3 Å². The zero-order valence-corrected chi connectivity index (χ0v) is 9.68. The highest BCUT2D eigenvalue weighted by Crippen LogP contribution is 2.38. The van der Waals surface area contributed by atoms with E-state index in [9.17, 15) is 0 Å². The van der Waals surface area contributed by atoms with Gasteiger partial charge in [-0.3, -0.25) is 9.55 Å². The third kappa shape index (κ3) is 1.23. The van der Waals surface area contributed by atoms with Crippen molar-refractivity contribution in [1.29, 1.82) is 0 Å². The Balaban J connectivity index is 2.11. The molecular weight excluding hydrogens is 232 g/mol. The summed E-state index contributed by atoms with van der Waals surface area (Å²) in [4.78, 5) is 5.75. The van der Waals surface area contributed by atoms with Crippen LogP contribution in [0.1, 0.15) is 5.82 Å². The van der Waals surface area contributed by atoms with E-state index in [1.54, 1.807) is 18.1 Å². The molecule has 0 fully saturated rings. The highest BCUT2D eigenvalue weighted by molar-refractivity contribution is 7.99. The predicted octanol–water partition coefficient (Wildman–Crippen LogP) is 2.42. The fourth-order valence-corrected chi connectivity index (χ4v) is 3.22. The molecule has 3 heterocycles. The van der Waals surface area contributed by atoms with Gasteiger partial charge < -0.3 is 0 Å². The van der Waals surface area contributed by atoms with E-state index in [0.717, 1.165) is 22.8 Å². The van der Waals surface area contributed by atoms with Gasteiger partial charge in [-0.2, -0.15) is 0 Å². The summed E-state index contributed by atoms with van der Waals surface area (Å²) in [7, 11) is 0. The summed E-state index contributed by atoms with van der Waals surface area (Å²) < 4.78 is 2.02. The highest BCUT2D eigenvalue weighted by atomic mass is 32.2. The van der Waals surface area contributed by atoms with Crippen molar-refractivity contribution >= 4 is 22.7 Å². The van der Waals surface area contributed by atoms with Crippen molar-refractivity contribution in [1.82, 2.24) is 19.7 Å².